The Balaban J connectivity index is 1.31. The molecule has 6 rings (SSSR count). The van der Waals surface area contributed by atoms with Crippen LogP contribution in [0, 0.1) is 0 Å². The SMILES string of the molecule is CCCCC1N=C2C(=CN(CC(=O)OC)CN2c2ccccc2)N1Cc1ccc(-c2ccccc2-c2nnn[nH]2)cc1. The Hall–Kier alpha value is -4.99. The number of anilines is 1. The molecule has 214 valence electrons. The molecule has 0 amide bonds. The summed E-state index contributed by atoms with van der Waals surface area (Å²) in [6, 6.07) is 26.9. The third-order valence-electron chi connectivity index (χ3n) is 7.64. The number of hydrogen-bond acceptors (Lipinski definition) is 9. The number of hydrogen-bond donors (Lipinski definition) is 1. The number of aliphatic imine (C=N–C) groups is 1. The third kappa shape index (κ3) is 5.60. The lowest BCUT2D eigenvalue weighted by Gasteiger charge is -2.37. The van der Waals surface area contributed by atoms with Gasteiger partial charge in [0.1, 0.15) is 12.7 Å². The number of methoxy groups -OCH3 is 1. The van der Waals surface area contributed by atoms with Crippen molar-refractivity contribution < 1.29 is 9.53 Å². The first-order valence-electron chi connectivity index (χ1n) is 14.3. The fourth-order valence-electron chi connectivity index (χ4n) is 5.50. The van der Waals surface area contributed by atoms with E-state index in [0.29, 0.717) is 19.0 Å². The van der Waals surface area contributed by atoms with E-state index in [2.05, 4.69) is 86.0 Å². The van der Waals surface area contributed by atoms with Gasteiger partial charge in [-0.05, 0) is 52.1 Å². The van der Waals surface area contributed by atoms with Crippen LogP contribution >= 0.6 is 0 Å². The quantitative estimate of drug-likeness (QED) is 0.268. The number of unbranched alkanes of at least 4 members (excludes halogenated alkanes) is 1. The molecule has 10 nitrogen and oxygen atoms in total. The minimum absolute atomic E-state index is 0.00911. The van der Waals surface area contributed by atoms with Gasteiger partial charge in [-0.1, -0.05) is 80.1 Å². The lowest BCUT2D eigenvalue weighted by molar-refractivity contribution is -0.141. The molecule has 3 aromatic carbocycles. The van der Waals surface area contributed by atoms with E-state index < -0.39 is 0 Å². The molecule has 0 saturated carbocycles. The molecule has 0 bridgehead atoms. The first kappa shape index (κ1) is 27.2. The molecule has 2 aliphatic heterocycles. The van der Waals surface area contributed by atoms with Gasteiger partial charge in [-0.3, -0.25) is 4.79 Å². The minimum Gasteiger partial charge on any atom is -0.468 e. The van der Waals surface area contributed by atoms with E-state index in [9.17, 15) is 4.79 Å². The molecule has 0 fully saturated rings. The molecule has 0 saturated heterocycles. The van der Waals surface area contributed by atoms with Crippen LogP contribution in [0.2, 0.25) is 0 Å². The highest BCUT2D eigenvalue weighted by atomic mass is 16.5. The predicted octanol–water partition coefficient (Wildman–Crippen LogP) is 5.06. The van der Waals surface area contributed by atoms with Gasteiger partial charge >= 0.3 is 5.97 Å². The van der Waals surface area contributed by atoms with Crippen LogP contribution < -0.4 is 4.90 Å². The fourth-order valence-corrected chi connectivity index (χ4v) is 5.50. The molecule has 0 aliphatic carbocycles. The number of amidine groups is 1. The number of carbonyl (C=O) groups excluding carboxylic acids is 1. The van der Waals surface area contributed by atoms with Gasteiger partial charge in [0.25, 0.3) is 0 Å². The first-order chi connectivity index (χ1) is 20.6. The lowest BCUT2D eigenvalue weighted by Crippen LogP contribution is -2.47. The van der Waals surface area contributed by atoms with Crippen LogP contribution in [0.3, 0.4) is 0 Å². The number of nitrogens with zero attached hydrogens (tertiary/aromatic N) is 7. The highest BCUT2D eigenvalue weighted by Gasteiger charge is 2.37. The molecule has 1 N–H and O–H groups in total. The average Bonchev–Trinajstić information content (AvgIpc) is 3.69. The second kappa shape index (κ2) is 12.3. The Morgan fingerprint density at radius 2 is 1.76 bits per heavy atom. The van der Waals surface area contributed by atoms with Crippen LogP contribution in [0.15, 0.2) is 95.8 Å². The van der Waals surface area contributed by atoms with Crippen molar-refractivity contribution in [2.24, 2.45) is 4.99 Å². The van der Waals surface area contributed by atoms with Gasteiger partial charge in [-0.2, -0.15) is 0 Å². The molecule has 2 aliphatic rings. The zero-order valence-corrected chi connectivity index (χ0v) is 23.8. The average molecular weight is 563 g/mol. The number of rotatable bonds is 10. The summed E-state index contributed by atoms with van der Waals surface area (Å²) in [7, 11) is 1.42. The van der Waals surface area contributed by atoms with Crippen molar-refractivity contribution in [3.8, 4) is 22.5 Å². The first-order valence-corrected chi connectivity index (χ1v) is 14.3. The van der Waals surface area contributed by atoms with Gasteiger partial charge in [0, 0.05) is 24.0 Å². The van der Waals surface area contributed by atoms with Gasteiger partial charge in [0.2, 0.25) is 0 Å². The van der Waals surface area contributed by atoms with E-state index >= 15 is 0 Å². The summed E-state index contributed by atoms with van der Waals surface area (Å²) in [6.45, 7) is 3.58. The summed E-state index contributed by atoms with van der Waals surface area (Å²) in [5, 5.41) is 14.5. The van der Waals surface area contributed by atoms with Gasteiger partial charge < -0.3 is 19.4 Å². The summed E-state index contributed by atoms with van der Waals surface area (Å²) in [6.07, 6.45) is 5.20. The molecule has 3 heterocycles. The second-order valence-corrected chi connectivity index (χ2v) is 10.4. The monoisotopic (exact) mass is 562 g/mol. The standard InChI is InChI=1S/C32H34N8O2/c1-3-4-14-29-33-32-28(20-38(21-30(41)42-2)22-40(32)25-10-6-5-7-11-25)39(29)19-23-15-17-24(18-16-23)26-12-8-9-13-27(26)31-34-36-37-35-31/h5-13,15-18,20,29H,3-4,14,19,21-22H2,1-2H3,(H,34,35,36,37). The summed E-state index contributed by atoms with van der Waals surface area (Å²) >= 11 is 0. The number of esters is 1. The van der Waals surface area contributed by atoms with Gasteiger partial charge in [0.05, 0.1) is 19.5 Å². The Kier molecular flexibility index (Phi) is 7.94. The molecular formula is C32H34N8O2. The maximum Gasteiger partial charge on any atom is 0.325 e. The number of carbonyl (C=O) groups is 1. The maximum atomic E-state index is 12.3. The van der Waals surface area contributed by atoms with Crippen molar-refractivity contribution in [2.75, 3.05) is 25.2 Å². The summed E-state index contributed by atoms with van der Waals surface area (Å²) in [4.78, 5) is 24.1. The number of nitrogens with one attached hydrogen (secondary N) is 1. The highest BCUT2D eigenvalue weighted by molar-refractivity contribution is 6.11. The van der Waals surface area contributed by atoms with E-state index in [-0.39, 0.29) is 18.7 Å². The van der Waals surface area contributed by atoms with E-state index in [1.165, 1.54) is 12.7 Å². The number of aromatic amines is 1. The van der Waals surface area contributed by atoms with Crippen molar-refractivity contribution in [1.29, 1.82) is 0 Å². The summed E-state index contributed by atoms with van der Waals surface area (Å²) < 4.78 is 5.00. The minimum atomic E-state index is -0.274. The number of tetrazole rings is 1. The molecule has 10 heteroatoms. The second-order valence-electron chi connectivity index (χ2n) is 10.4. The Morgan fingerprint density at radius 1 is 1.00 bits per heavy atom. The maximum absolute atomic E-state index is 12.3. The molecule has 1 unspecified atom stereocenters. The van der Waals surface area contributed by atoms with E-state index in [1.807, 2.05) is 41.3 Å². The molecule has 4 aromatic rings. The van der Waals surface area contributed by atoms with Crippen molar-refractivity contribution in [2.45, 2.75) is 38.9 Å². The predicted molar refractivity (Wildman–Crippen MR) is 162 cm³/mol. The van der Waals surface area contributed by atoms with Crippen molar-refractivity contribution >= 4 is 17.5 Å². The van der Waals surface area contributed by atoms with Crippen molar-refractivity contribution in [1.82, 2.24) is 30.4 Å². The molecule has 1 atom stereocenters. The van der Waals surface area contributed by atoms with Crippen LogP contribution in [-0.4, -0.2) is 68.7 Å². The molecule has 0 radical (unpaired) electrons. The Labute approximate surface area is 245 Å². The Bertz CT molecular complexity index is 1570. The van der Waals surface area contributed by atoms with Gasteiger partial charge in [0.15, 0.2) is 11.7 Å². The molecule has 0 spiro atoms. The fraction of sp³-hybridized carbons (Fsp3) is 0.281. The third-order valence-corrected chi connectivity index (χ3v) is 7.64. The smallest absolute Gasteiger partial charge is 0.325 e. The van der Waals surface area contributed by atoms with Crippen LogP contribution in [-0.2, 0) is 16.1 Å². The lowest BCUT2D eigenvalue weighted by atomic mass is 9.98. The van der Waals surface area contributed by atoms with Crippen LogP contribution in [0.25, 0.3) is 22.5 Å². The molecule has 1 aromatic heterocycles. The number of para-hydroxylation sites is 1. The largest absolute Gasteiger partial charge is 0.468 e. The molecular weight excluding hydrogens is 528 g/mol. The van der Waals surface area contributed by atoms with Crippen molar-refractivity contribution in [3.63, 3.8) is 0 Å². The van der Waals surface area contributed by atoms with Crippen LogP contribution in [0.5, 0.6) is 0 Å². The van der Waals surface area contributed by atoms with E-state index in [1.54, 1.807) is 0 Å². The van der Waals surface area contributed by atoms with Crippen LogP contribution in [0.1, 0.15) is 31.7 Å². The number of H-pyrrole nitrogens is 1. The number of benzene rings is 3. The zero-order valence-electron chi connectivity index (χ0n) is 23.8. The zero-order chi connectivity index (χ0) is 28.9. The number of ether oxygens (including phenoxy) is 1. The Morgan fingerprint density at radius 3 is 2.48 bits per heavy atom. The van der Waals surface area contributed by atoms with E-state index in [4.69, 9.17) is 9.73 Å². The van der Waals surface area contributed by atoms with E-state index in [0.717, 1.165) is 53.2 Å². The van der Waals surface area contributed by atoms with Gasteiger partial charge in [-0.15, -0.1) is 5.10 Å². The normalized spacial score (nSPS) is 16.2. The van der Waals surface area contributed by atoms with Crippen LogP contribution in [0.4, 0.5) is 5.69 Å². The van der Waals surface area contributed by atoms with Crippen molar-refractivity contribution in [3.05, 3.63) is 96.3 Å². The van der Waals surface area contributed by atoms with Gasteiger partial charge in [-0.25, -0.2) is 10.1 Å². The molecule has 42 heavy (non-hydrogen) atoms. The summed E-state index contributed by atoms with van der Waals surface area (Å²) in [5.41, 5.74) is 6.32. The number of aromatic nitrogens is 4. The highest BCUT2D eigenvalue weighted by Crippen LogP contribution is 2.35. The summed E-state index contributed by atoms with van der Waals surface area (Å²) in [5.74, 6) is 1.30. The number of fused-ring (bicyclic) bond motifs is 1. The topological polar surface area (TPSA) is 103 Å².